The quantitative estimate of drug-likeness (QED) is 0.356. The van der Waals surface area contributed by atoms with E-state index in [1.165, 1.54) is 5.56 Å². The van der Waals surface area contributed by atoms with Gasteiger partial charge in [0.05, 0.1) is 64.1 Å². The number of aromatic nitrogens is 2. The van der Waals surface area contributed by atoms with E-state index < -0.39 is 0 Å². The second-order valence-electron chi connectivity index (χ2n) is 9.76. The van der Waals surface area contributed by atoms with E-state index in [2.05, 4.69) is 37.4 Å². The average Bonchev–Trinajstić information content (AvgIpc) is 3.31. The third kappa shape index (κ3) is 11.3. The van der Waals surface area contributed by atoms with Crippen LogP contribution in [0.15, 0.2) is 36.7 Å². The summed E-state index contributed by atoms with van der Waals surface area (Å²) in [5.74, 6) is 0.333. The van der Waals surface area contributed by atoms with Crippen LogP contribution in [0.25, 0.3) is 0 Å². The number of hydrogen-bond donors (Lipinski definition) is 1. The lowest BCUT2D eigenvalue weighted by Crippen LogP contribution is -2.27. The van der Waals surface area contributed by atoms with E-state index in [0.29, 0.717) is 64.3 Å². The molecule has 0 fully saturated rings. The molecule has 1 unspecified atom stereocenters. The molecule has 1 aromatic carbocycles. The highest BCUT2D eigenvalue weighted by atomic mass is 16.6. The molecule has 0 aliphatic heterocycles. The molecule has 2 aromatic rings. The van der Waals surface area contributed by atoms with E-state index in [4.69, 9.17) is 18.9 Å². The minimum Gasteiger partial charge on any atom is -0.377 e. The molecule has 0 bridgehead atoms. The molecule has 1 aromatic heterocycles. The summed E-state index contributed by atoms with van der Waals surface area (Å²) >= 11 is 0. The molecule has 0 saturated heterocycles. The largest absolute Gasteiger partial charge is 0.377 e. The minimum absolute atomic E-state index is 0.101. The zero-order chi connectivity index (χ0) is 25.7. The fourth-order valence-corrected chi connectivity index (χ4v) is 3.22. The predicted molar refractivity (Wildman–Crippen MR) is 137 cm³/mol. The maximum atomic E-state index is 12.4. The van der Waals surface area contributed by atoms with Gasteiger partial charge < -0.3 is 24.3 Å². The molecule has 0 aliphatic rings. The number of hydrogen-bond acceptors (Lipinski definition) is 6. The summed E-state index contributed by atoms with van der Waals surface area (Å²) in [7, 11) is 0. The summed E-state index contributed by atoms with van der Waals surface area (Å²) < 4.78 is 24.0. The molecule has 196 valence electrons. The van der Waals surface area contributed by atoms with Crippen molar-refractivity contribution in [1.82, 2.24) is 15.1 Å². The number of benzene rings is 1. The molecular weight excluding hydrogens is 446 g/mol. The zero-order valence-electron chi connectivity index (χ0n) is 22.2. The maximum Gasteiger partial charge on any atom is 0.251 e. The second kappa shape index (κ2) is 15.0. The van der Waals surface area contributed by atoms with E-state index in [1.807, 2.05) is 55.9 Å². The van der Waals surface area contributed by atoms with Gasteiger partial charge in [-0.1, -0.05) is 26.0 Å². The Hall–Kier alpha value is -2.26. The van der Waals surface area contributed by atoms with Gasteiger partial charge in [-0.25, -0.2) is 0 Å². The number of nitrogens with zero attached hydrogens (tertiary/aromatic N) is 2. The lowest BCUT2D eigenvalue weighted by atomic mass is 10.1. The Labute approximate surface area is 210 Å². The normalized spacial score (nSPS) is 12.8. The van der Waals surface area contributed by atoms with Gasteiger partial charge in [-0.2, -0.15) is 5.10 Å². The Morgan fingerprint density at radius 1 is 0.886 bits per heavy atom. The Morgan fingerprint density at radius 2 is 1.46 bits per heavy atom. The molecule has 0 radical (unpaired) electrons. The second-order valence-corrected chi connectivity index (χ2v) is 9.76. The van der Waals surface area contributed by atoms with Gasteiger partial charge in [0.15, 0.2) is 0 Å². The van der Waals surface area contributed by atoms with Crippen molar-refractivity contribution in [3.8, 4) is 0 Å². The average molecular weight is 490 g/mol. The summed E-state index contributed by atoms with van der Waals surface area (Å²) in [6, 6.07) is 7.75. The van der Waals surface area contributed by atoms with Crippen molar-refractivity contribution < 1.29 is 23.7 Å². The van der Waals surface area contributed by atoms with Crippen LogP contribution in [0.3, 0.4) is 0 Å². The number of ether oxygens (including phenoxy) is 4. The van der Waals surface area contributed by atoms with Gasteiger partial charge >= 0.3 is 0 Å². The fraction of sp³-hybridized carbons (Fsp3) is 0.630. The Morgan fingerprint density at radius 3 is 2.00 bits per heavy atom. The highest BCUT2D eigenvalue weighted by Crippen LogP contribution is 2.20. The van der Waals surface area contributed by atoms with Gasteiger partial charge in [0.25, 0.3) is 5.91 Å². The van der Waals surface area contributed by atoms with Gasteiger partial charge in [-0.05, 0) is 56.9 Å². The van der Waals surface area contributed by atoms with Crippen molar-refractivity contribution >= 4 is 5.91 Å². The topological polar surface area (TPSA) is 83.8 Å². The lowest BCUT2D eigenvalue weighted by molar-refractivity contribution is -0.0449. The van der Waals surface area contributed by atoms with Gasteiger partial charge in [0.2, 0.25) is 0 Å². The lowest BCUT2D eigenvalue weighted by Gasteiger charge is -2.19. The molecule has 1 N–H and O–H groups in total. The molecule has 8 nitrogen and oxygen atoms in total. The Bertz CT molecular complexity index is 858. The van der Waals surface area contributed by atoms with Gasteiger partial charge in [0, 0.05) is 18.3 Å². The van der Waals surface area contributed by atoms with E-state index in [1.54, 1.807) is 0 Å². The zero-order valence-corrected chi connectivity index (χ0v) is 22.2. The van der Waals surface area contributed by atoms with Crippen molar-refractivity contribution in [2.24, 2.45) is 0 Å². The molecule has 0 spiro atoms. The number of rotatable bonds is 16. The first-order valence-corrected chi connectivity index (χ1v) is 12.5. The van der Waals surface area contributed by atoms with Crippen LogP contribution in [-0.2, 0) is 18.9 Å². The highest BCUT2D eigenvalue weighted by Gasteiger charge is 2.12. The first-order chi connectivity index (χ1) is 16.7. The molecule has 0 saturated carbocycles. The SMILES string of the molecule is CC(C)c1cnn(C(C)c2ccc(C(=O)NCCOCCOCCOCCOC(C)(C)C)cc2)c1. The molecular formula is C27H43N3O5. The van der Waals surface area contributed by atoms with Gasteiger partial charge in [0.1, 0.15) is 0 Å². The summed E-state index contributed by atoms with van der Waals surface area (Å²) in [6.45, 7) is 16.5. The summed E-state index contributed by atoms with van der Waals surface area (Å²) in [4.78, 5) is 12.4. The maximum absolute atomic E-state index is 12.4. The molecule has 0 aliphatic carbocycles. The predicted octanol–water partition coefficient (Wildman–Crippen LogP) is 4.21. The van der Waals surface area contributed by atoms with Crippen molar-refractivity contribution in [3.63, 3.8) is 0 Å². The first kappa shape index (κ1) is 29.0. The molecule has 1 amide bonds. The minimum atomic E-state index is -0.140. The van der Waals surface area contributed by atoms with Crippen molar-refractivity contribution in [3.05, 3.63) is 53.3 Å². The van der Waals surface area contributed by atoms with Crippen LogP contribution in [0.1, 0.15) is 75.0 Å². The molecule has 1 atom stereocenters. The molecule has 1 heterocycles. The number of carbonyl (C=O) groups is 1. The molecule has 8 heteroatoms. The summed E-state index contributed by atoms with van der Waals surface area (Å²) in [6.07, 6.45) is 4.00. The highest BCUT2D eigenvalue weighted by molar-refractivity contribution is 5.94. The third-order valence-corrected chi connectivity index (χ3v) is 5.38. The monoisotopic (exact) mass is 489 g/mol. The van der Waals surface area contributed by atoms with E-state index in [9.17, 15) is 4.79 Å². The van der Waals surface area contributed by atoms with Crippen LogP contribution in [0.4, 0.5) is 0 Å². The summed E-state index contributed by atoms with van der Waals surface area (Å²) in [5.41, 5.74) is 2.81. The van der Waals surface area contributed by atoms with E-state index in [0.717, 1.165) is 5.56 Å². The van der Waals surface area contributed by atoms with Crippen LogP contribution in [0, 0.1) is 0 Å². The van der Waals surface area contributed by atoms with Crippen LogP contribution >= 0.6 is 0 Å². The van der Waals surface area contributed by atoms with Crippen molar-refractivity contribution in [2.45, 2.75) is 59.1 Å². The Kier molecular flexibility index (Phi) is 12.4. The third-order valence-electron chi connectivity index (χ3n) is 5.38. The molecule has 35 heavy (non-hydrogen) atoms. The van der Waals surface area contributed by atoms with E-state index >= 15 is 0 Å². The summed E-state index contributed by atoms with van der Waals surface area (Å²) in [5, 5.41) is 7.36. The van der Waals surface area contributed by atoms with E-state index in [-0.39, 0.29) is 17.6 Å². The van der Waals surface area contributed by atoms with Gasteiger partial charge in [-0.3, -0.25) is 9.48 Å². The van der Waals surface area contributed by atoms with Gasteiger partial charge in [-0.15, -0.1) is 0 Å². The van der Waals surface area contributed by atoms with Crippen LogP contribution < -0.4 is 5.32 Å². The smallest absolute Gasteiger partial charge is 0.251 e. The Balaban J connectivity index is 1.53. The van der Waals surface area contributed by atoms with Crippen molar-refractivity contribution in [2.75, 3.05) is 52.8 Å². The number of amides is 1. The number of nitrogens with one attached hydrogen (secondary N) is 1. The fourth-order valence-electron chi connectivity index (χ4n) is 3.22. The molecule has 2 rings (SSSR count). The standard InChI is InChI=1S/C27H43N3O5/c1-21(2)25-19-29-30(20-25)22(3)23-7-9-24(10-8-23)26(31)28-11-12-32-13-14-33-15-16-34-17-18-35-27(4,5)6/h7-10,19-22H,11-18H2,1-6H3,(H,28,31). The first-order valence-electron chi connectivity index (χ1n) is 12.5. The van der Waals surface area contributed by atoms with Crippen LogP contribution in [0.2, 0.25) is 0 Å². The van der Waals surface area contributed by atoms with Crippen LogP contribution in [-0.4, -0.2) is 74.1 Å². The number of carbonyl (C=O) groups excluding carboxylic acids is 1. The van der Waals surface area contributed by atoms with Crippen LogP contribution in [0.5, 0.6) is 0 Å². The van der Waals surface area contributed by atoms with Crippen molar-refractivity contribution in [1.29, 1.82) is 0 Å².